The van der Waals surface area contributed by atoms with Crippen molar-refractivity contribution in [3.8, 4) is 0 Å². The molecule has 0 aliphatic carbocycles. The fourth-order valence-corrected chi connectivity index (χ4v) is 3.81. The maximum Gasteiger partial charge on any atom is 0.350 e. The Morgan fingerprint density at radius 2 is 2.00 bits per heavy atom. The number of amides is 1. The van der Waals surface area contributed by atoms with E-state index < -0.39 is 17.4 Å². The smallest absolute Gasteiger partial charge is 0.324 e. The van der Waals surface area contributed by atoms with Gasteiger partial charge in [0.25, 0.3) is 0 Å². The van der Waals surface area contributed by atoms with Crippen molar-refractivity contribution in [2.75, 3.05) is 5.32 Å². The molecule has 0 saturated heterocycles. The number of hydrogen-bond acceptors (Lipinski definition) is 5. The summed E-state index contributed by atoms with van der Waals surface area (Å²) in [6, 6.07) is 14.0. The highest BCUT2D eigenvalue weighted by Gasteiger charge is 2.15. The lowest BCUT2D eigenvalue weighted by atomic mass is 10.2. The molecule has 7 nitrogen and oxygen atoms in total. The first-order chi connectivity index (χ1) is 14.5. The van der Waals surface area contributed by atoms with Crippen molar-refractivity contribution in [3.63, 3.8) is 0 Å². The van der Waals surface area contributed by atoms with Gasteiger partial charge in [0.1, 0.15) is 17.4 Å². The molecule has 2 aromatic heterocycles. The third-order valence-electron chi connectivity index (χ3n) is 4.45. The molecule has 2 aromatic carbocycles. The first-order valence-corrected chi connectivity index (χ1v) is 10.2. The third kappa shape index (κ3) is 4.25. The van der Waals surface area contributed by atoms with Crippen LogP contribution in [0.2, 0.25) is 0 Å². The molecule has 0 spiro atoms. The average molecular weight is 423 g/mol. The number of carbonyl (C=O) groups is 1. The zero-order valence-electron chi connectivity index (χ0n) is 16.1. The van der Waals surface area contributed by atoms with Gasteiger partial charge in [0.2, 0.25) is 5.91 Å². The lowest BCUT2D eigenvalue weighted by Crippen LogP contribution is -2.28. The molecule has 0 atom stereocenters. The van der Waals surface area contributed by atoms with E-state index in [0.717, 1.165) is 15.8 Å². The minimum Gasteiger partial charge on any atom is -0.324 e. The van der Waals surface area contributed by atoms with Gasteiger partial charge in [0.15, 0.2) is 5.65 Å². The summed E-state index contributed by atoms with van der Waals surface area (Å²) in [6.07, 6.45) is 3.05. The van der Waals surface area contributed by atoms with Crippen LogP contribution < -0.4 is 11.0 Å². The Balaban J connectivity index is 1.55. The summed E-state index contributed by atoms with van der Waals surface area (Å²) in [7, 11) is 0. The van der Waals surface area contributed by atoms with Gasteiger partial charge in [-0.1, -0.05) is 48.2 Å². The van der Waals surface area contributed by atoms with E-state index in [-0.39, 0.29) is 6.54 Å². The van der Waals surface area contributed by atoms with Crippen molar-refractivity contribution in [1.29, 1.82) is 0 Å². The highest BCUT2D eigenvalue weighted by Crippen LogP contribution is 2.23. The number of nitrogens with zero attached hydrogens (tertiary/aromatic N) is 4. The predicted molar refractivity (Wildman–Crippen MR) is 113 cm³/mol. The van der Waals surface area contributed by atoms with Gasteiger partial charge in [-0.3, -0.25) is 4.79 Å². The number of hydrogen-bond donors (Lipinski definition) is 1. The first kappa shape index (κ1) is 19.8. The van der Waals surface area contributed by atoms with Gasteiger partial charge < -0.3 is 5.32 Å². The normalized spacial score (nSPS) is 11.0. The van der Waals surface area contributed by atoms with Crippen LogP contribution in [-0.2, 0) is 17.1 Å². The van der Waals surface area contributed by atoms with Gasteiger partial charge in [-0.15, -0.1) is 5.10 Å². The van der Waals surface area contributed by atoms with Gasteiger partial charge in [-0.05, 0) is 30.2 Å². The molecule has 0 aliphatic heterocycles. The van der Waals surface area contributed by atoms with E-state index in [1.165, 1.54) is 40.7 Å². The van der Waals surface area contributed by atoms with E-state index in [0.29, 0.717) is 22.1 Å². The van der Waals surface area contributed by atoms with E-state index in [9.17, 15) is 14.0 Å². The van der Waals surface area contributed by atoms with Crippen molar-refractivity contribution in [3.05, 3.63) is 88.4 Å². The number of carbonyl (C=O) groups excluding carboxylic acids is 1. The number of anilines is 1. The number of thioether (sulfide) groups is 1. The Labute approximate surface area is 175 Å². The number of fused-ring (bicyclic) bond motifs is 1. The van der Waals surface area contributed by atoms with E-state index in [4.69, 9.17) is 0 Å². The van der Waals surface area contributed by atoms with Crippen molar-refractivity contribution in [1.82, 2.24) is 19.2 Å². The fraction of sp³-hybridized carbons (Fsp3) is 0.143. The van der Waals surface area contributed by atoms with Gasteiger partial charge in [-0.2, -0.15) is 0 Å². The Hall–Kier alpha value is -3.46. The summed E-state index contributed by atoms with van der Waals surface area (Å²) >= 11 is 1.46. The number of aryl methyl sites for hydroxylation is 1. The Morgan fingerprint density at radius 3 is 2.80 bits per heavy atom. The summed E-state index contributed by atoms with van der Waals surface area (Å²) in [5, 5.41) is 7.51. The summed E-state index contributed by atoms with van der Waals surface area (Å²) in [6.45, 7) is 1.47. The van der Waals surface area contributed by atoms with Crippen molar-refractivity contribution in [2.24, 2.45) is 0 Å². The molecule has 0 saturated carbocycles. The summed E-state index contributed by atoms with van der Waals surface area (Å²) in [4.78, 5) is 29.4. The maximum atomic E-state index is 13.4. The molecule has 1 amide bonds. The molecular formula is C21H18FN5O2S. The van der Waals surface area contributed by atoms with Gasteiger partial charge in [0.05, 0.1) is 0 Å². The lowest BCUT2D eigenvalue weighted by Gasteiger charge is -2.08. The van der Waals surface area contributed by atoms with Crippen LogP contribution in [0.1, 0.15) is 11.1 Å². The van der Waals surface area contributed by atoms with E-state index in [1.54, 1.807) is 13.0 Å². The van der Waals surface area contributed by atoms with Crippen LogP contribution in [0.25, 0.3) is 5.65 Å². The Morgan fingerprint density at radius 1 is 1.20 bits per heavy atom. The largest absolute Gasteiger partial charge is 0.350 e. The second kappa shape index (κ2) is 8.50. The molecule has 30 heavy (non-hydrogen) atoms. The van der Waals surface area contributed by atoms with E-state index in [2.05, 4.69) is 15.4 Å². The standard InChI is InChI=1S/C21H18FN5O2S/c1-14-7-8-16(22)11-17(14)24-18(28)12-27-21(29)26-10-9-23-20(19(26)25-27)30-13-15-5-3-2-4-6-15/h2-11H,12-13H2,1H3,(H,24,28). The lowest BCUT2D eigenvalue weighted by molar-refractivity contribution is -0.117. The SMILES string of the molecule is Cc1ccc(F)cc1NC(=O)Cn1nc2c(SCc3ccccc3)nccn2c1=O. The summed E-state index contributed by atoms with van der Waals surface area (Å²) in [5.74, 6) is -0.249. The van der Waals surface area contributed by atoms with Crippen LogP contribution in [0, 0.1) is 12.7 Å². The minimum absolute atomic E-state index is 0.292. The molecule has 4 rings (SSSR count). The first-order valence-electron chi connectivity index (χ1n) is 9.18. The van der Waals surface area contributed by atoms with Crippen molar-refractivity contribution in [2.45, 2.75) is 24.2 Å². The number of rotatable bonds is 6. The van der Waals surface area contributed by atoms with E-state index in [1.807, 2.05) is 30.3 Å². The Kier molecular flexibility index (Phi) is 5.62. The van der Waals surface area contributed by atoms with Crippen LogP contribution in [0.4, 0.5) is 10.1 Å². The monoisotopic (exact) mass is 423 g/mol. The predicted octanol–water partition coefficient (Wildman–Crippen LogP) is 3.27. The van der Waals surface area contributed by atoms with Crippen molar-refractivity contribution >= 4 is 29.0 Å². The zero-order valence-corrected chi connectivity index (χ0v) is 16.9. The molecule has 0 radical (unpaired) electrons. The topological polar surface area (TPSA) is 81.3 Å². The molecule has 0 unspecified atom stereocenters. The maximum absolute atomic E-state index is 13.4. The number of benzene rings is 2. The molecule has 2 heterocycles. The molecule has 9 heteroatoms. The van der Waals surface area contributed by atoms with Crippen LogP contribution in [0.3, 0.4) is 0 Å². The molecule has 4 aromatic rings. The number of halogens is 1. The molecule has 152 valence electrons. The van der Waals surface area contributed by atoms with Crippen molar-refractivity contribution < 1.29 is 9.18 Å². The van der Waals surface area contributed by atoms with Crippen LogP contribution in [0.15, 0.2) is 70.7 Å². The van der Waals surface area contributed by atoms with E-state index >= 15 is 0 Å². The fourth-order valence-electron chi connectivity index (χ4n) is 2.91. The molecule has 0 bridgehead atoms. The highest BCUT2D eigenvalue weighted by atomic mass is 32.2. The van der Waals surface area contributed by atoms with Crippen LogP contribution in [0.5, 0.6) is 0 Å². The van der Waals surface area contributed by atoms with Gasteiger partial charge >= 0.3 is 5.69 Å². The van der Waals surface area contributed by atoms with Gasteiger partial charge in [-0.25, -0.2) is 23.3 Å². The third-order valence-corrected chi connectivity index (χ3v) is 5.49. The van der Waals surface area contributed by atoms with Crippen LogP contribution >= 0.6 is 11.8 Å². The second-order valence-electron chi connectivity index (χ2n) is 6.65. The number of aromatic nitrogens is 4. The molecule has 0 aliphatic rings. The molecular weight excluding hydrogens is 405 g/mol. The van der Waals surface area contributed by atoms with Crippen LogP contribution in [-0.4, -0.2) is 25.1 Å². The average Bonchev–Trinajstić information content (AvgIpc) is 3.06. The Bertz CT molecular complexity index is 1270. The molecule has 1 N–H and O–H groups in total. The quantitative estimate of drug-likeness (QED) is 0.482. The summed E-state index contributed by atoms with van der Waals surface area (Å²) in [5.41, 5.74) is 2.14. The zero-order chi connectivity index (χ0) is 21.1. The number of nitrogens with one attached hydrogen (secondary N) is 1. The minimum atomic E-state index is -0.472. The second-order valence-corrected chi connectivity index (χ2v) is 7.61. The highest BCUT2D eigenvalue weighted by molar-refractivity contribution is 7.98. The molecule has 0 fully saturated rings. The summed E-state index contributed by atoms with van der Waals surface area (Å²) < 4.78 is 15.9. The van der Waals surface area contributed by atoms with Gasteiger partial charge in [0, 0.05) is 23.8 Å².